The van der Waals surface area contributed by atoms with Crippen LogP contribution in [0.25, 0.3) is 22.5 Å². The Labute approximate surface area is 217 Å². The molecule has 0 aliphatic heterocycles. The number of benzene rings is 2. The lowest BCUT2D eigenvalue weighted by Crippen LogP contribution is -2.23. The van der Waals surface area contributed by atoms with Crippen LogP contribution in [0.1, 0.15) is 21.5 Å². The molecule has 9 heteroatoms. The highest BCUT2D eigenvalue weighted by Gasteiger charge is 2.14. The fourth-order valence-electron chi connectivity index (χ4n) is 4.02. The van der Waals surface area contributed by atoms with Gasteiger partial charge in [-0.25, -0.2) is 8.78 Å². The van der Waals surface area contributed by atoms with Gasteiger partial charge in [-0.2, -0.15) is 5.10 Å². The molecule has 5 aromatic rings. The van der Waals surface area contributed by atoms with E-state index >= 15 is 0 Å². The van der Waals surface area contributed by atoms with Crippen LogP contribution in [0.4, 0.5) is 8.78 Å². The fraction of sp³-hybridized carbons (Fsp3) is 0.103. The molecule has 0 bridgehead atoms. The van der Waals surface area contributed by atoms with Crippen LogP contribution in [0.2, 0.25) is 0 Å². The van der Waals surface area contributed by atoms with E-state index in [0.29, 0.717) is 33.9 Å². The molecule has 190 valence electrons. The van der Waals surface area contributed by atoms with Crippen molar-refractivity contribution in [3.05, 3.63) is 114 Å². The molecular weight excluding hydrogens is 488 g/mol. The van der Waals surface area contributed by atoms with Crippen LogP contribution in [0.5, 0.6) is 11.5 Å². The van der Waals surface area contributed by atoms with E-state index in [0.717, 1.165) is 22.9 Å². The fourth-order valence-corrected chi connectivity index (χ4v) is 4.02. The number of aromatic nitrogens is 4. The molecular formula is C29H23F2N5O2. The van der Waals surface area contributed by atoms with Gasteiger partial charge in [-0.3, -0.25) is 19.4 Å². The van der Waals surface area contributed by atoms with Crippen LogP contribution in [-0.2, 0) is 13.6 Å². The van der Waals surface area contributed by atoms with E-state index in [9.17, 15) is 13.6 Å². The molecule has 0 aliphatic rings. The summed E-state index contributed by atoms with van der Waals surface area (Å²) >= 11 is 0. The maximum atomic E-state index is 13.5. The number of hydrogen-bond donors (Lipinski definition) is 1. The van der Waals surface area contributed by atoms with Gasteiger partial charge in [0.15, 0.2) is 0 Å². The predicted octanol–water partition coefficient (Wildman–Crippen LogP) is 5.85. The van der Waals surface area contributed by atoms with Crippen molar-refractivity contribution in [1.82, 2.24) is 25.1 Å². The molecule has 0 saturated heterocycles. The number of hydrogen-bond acceptors (Lipinski definition) is 5. The summed E-state index contributed by atoms with van der Waals surface area (Å²) in [6.45, 7) is 1.76. The van der Waals surface area contributed by atoms with Gasteiger partial charge in [0.25, 0.3) is 5.91 Å². The van der Waals surface area contributed by atoms with Crippen LogP contribution in [0.3, 0.4) is 0 Å². The molecule has 1 N–H and O–H groups in total. The number of nitrogens with one attached hydrogen (secondary N) is 1. The smallest absolute Gasteiger partial charge is 0.251 e. The van der Waals surface area contributed by atoms with Crippen LogP contribution >= 0.6 is 0 Å². The van der Waals surface area contributed by atoms with E-state index in [4.69, 9.17) is 4.74 Å². The maximum Gasteiger partial charge on any atom is 0.251 e. The lowest BCUT2D eigenvalue weighted by atomic mass is 10.1. The number of rotatable bonds is 7. The Morgan fingerprint density at radius 1 is 0.947 bits per heavy atom. The van der Waals surface area contributed by atoms with Gasteiger partial charge in [0.2, 0.25) is 0 Å². The third kappa shape index (κ3) is 5.57. The number of aryl methyl sites for hydroxylation is 1. The second kappa shape index (κ2) is 10.6. The summed E-state index contributed by atoms with van der Waals surface area (Å²) in [5.41, 5.74) is 4.58. The molecule has 1 amide bonds. The van der Waals surface area contributed by atoms with Crippen molar-refractivity contribution in [2.45, 2.75) is 13.5 Å². The third-order valence-corrected chi connectivity index (χ3v) is 5.92. The predicted molar refractivity (Wildman–Crippen MR) is 138 cm³/mol. The molecule has 0 unspecified atom stereocenters. The normalized spacial score (nSPS) is 10.8. The SMILES string of the molecule is Cc1c(Oc2ccnc(-c3ccnc(-c4cnn(C)c4)c3)c2)cccc1C(=O)NCc1cc(F)cc(F)c1. The van der Waals surface area contributed by atoms with E-state index in [2.05, 4.69) is 20.4 Å². The van der Waals surface area contributed by atoms with E-state index in [1.165, 1.54) is 12.1 Å². The number of nitrogens with zero attached hydrogens (tertiary/aromatic N) is 4. The van der Waals surface area contributed by atoms with Crippen LogP contribution < -0.4 is 10.1 Å². The highest BCUT2D eigenvalue weighted by Crippen LogP contribution is 2.30. The van der Waals surface area contributed by atoms with Crippen molar-refractivity contribution in [1.29, 1.82) is 0 Å². The van der Waals surface area contributed by atoms with E-state index < -0.39 is 11.6 Å². The first-order valence-corrected chi connectivity index (χ1v) is 11.8. The molecule has 0 aliphatic carbocycles. The van der Waals surface area contributed by atoms with Crippen molar-refractivity contribution < 1.29 is 18.3 Å². The zero-order chi connectivity index (χ0) is 26.6. The quantitative estimate of drug-likeness (QED) is 0.296. The summed E-state index contributed by atoms with van der Waals surface area (Å²) in [4.78, 5) is 21.7. The molecule has 5 rings (SSSR count). The number of halogens is 2. The molecule has 38 heavy (non-hydrogen) atoms. The number of carbonyl (C=O) groups excluding carboxylic acids is 1. The van der Waals surface area contributed by atoms with Gasteiger partial charge in [0.1, 0.15) is 23.1 Å². The lowest BCUT2D eigenvalue weighted by Gasteiger charge is -2.13. The van der Waals surface area contributed by atoms with Gasteiger partial charge >= 0.3 is 0 Å². The first kappa shape index (κ1) is 24.8. The first-order valence-electron chi connectivity index (χ1n) is 11.8. The molecule has 0 fully saturated rings. The van der Waals surface area contributed by atoms with Gasteiger partial charge in [0, 0.05) is 66.6 Å². The second-order valence-corrected chi connectivity index (χ2v) is 8.70. The second-order valence-electron chi connectivity index (χ2n) is 8.70. The maximum absolute atomic E-state index is 13.5. The highest BCUT2D eigenvalue weighted by atomic mass is 19.1. The Hall–Kier alpha value is -4.92. The molecule has 0 spiro atoms. The summed E-state index contributed by atoms with van der Waals surface area (Å²) in [6.07, 6.45) is 7.01. The van der Waals surface area contributed by atoms with Gasteiger partial charge in [-0.15, -0.1) is 0 Å². The van der Waals surface area contributed by atoms with Crippen molar-refractivity contribution in [2.75, 3.05) is 0 Å². The third-order valence-electron chi connectivity index (χ3n) is 5.92. The number of carbonyl (C=O) groups is 1. The lowest BCUT2D eigenvalue weighted by molar-refractivity contribution is 0.0949. The topological polar surface area (TPSA) is 81.9 Å². The van der Waals surface area contributed by atoms with Crippen molar-refractivity contribution in [3.8, 4) is 34.0 Å². The van der Waals surface area contributed by atoms with Gasteiger partial charge in [-0.1, -0.05) is 6.07 Å². The minimum atomic E-state index is -0.697. The average molecular weight is 512 g/mol. The standard InChI is InChI=1S/C29H23F2N5O2/c1-18-25(29(37)34-15-19-10-22(30)13-23(31)11-19)4-3-5-28(18)38-24-7-9-33-27(14-24)20-6-8-32-26(12-20)21-16-35-36(2)17-21/h3-14,16-17H,15H2,1-2H3,(H,34,37). The van der Waals surface area contributed by atoms with Gasteiger partial charge in [0.05, 0.1) is 17.6 Å². The molecule has 2 aromatic carbocycles. The number of ether oxygens (including phenoxy) is 1. The minimum absolute atomic E-state index is 0.0152. The summed E-state index contributed by atoms with van der Waals surface area (Å²) in [6, 6.07) is 15.6. The average Bonchev–Trinajstić information content (AvgIpc) is 3.34. The molecule has 0 atom stereocenters. The highest BCUT2D eigenvalue weighted by molar-refractivity contribution is 5.96. The van der Waals surface area contributed by atoms with E-state index in [1.807, 2.05) is 31.4 Å². The molecule has 0 saturated carbocycles. The summed E-state index contributed by atoms with van der Waals surface area (Å²) in [5, 5.41) is 6.90. The summed E-state index contributed by atoms with van der Waals surface area (Å²) < 4.78 is 34.8. The van der Waals surface area contributed by atoms with E-state index in [-0.39, 0.29) is 12.5 Å². The van der Waals surface area contributed by atoms with Crippen LogP contribution in [-0.4, -0.2) is 25.7 Å². The Kier molecular flexibility index (Phi) is 6.90. The Morgan fingerprint density at radius 3 is 2.42 bits per heavy atom. The van der Waals surface area contributed by atoms with E-state index in [1.54, 1.807) is 54.5 Å². The molecule has 3 aromatic heterocycles. The Bertz CT molecular complexity index is 1610. The largest absolute Gasteiger partial charge is 0.457 e. The monoisotopic (exact) mass is 511 g/mol. The Balaban J connectivity index is 1.33. The number of amides is 1. The summed E-state index contributed by atoms with van der Waals surface area (Å²) in [5.74, 6) is -0.731. The number of pyridine rings is 2. The Morgan fingerprint density at radius 2 is 1.68 bits per heavy atom. The van der Waals surface area contributed by atoms with Crippen LogP contribution in [0, 0.1) is 18.6 Å². The van der Waals surface area contributed by atoms with Crippen LogP contribution in [0.15, 0.2) is 85.5 Å². The molecule has 0 radical (unpaired) electrons. The first-order chi connectivity index (χ1) is 18.4. The zero-order valence-electron chi connectivity index (χ0n) is 20.7. The molecule has 7 nitrogen and oxygen atoms in total. The van der Waals surface area contributed by atoms with Crippen molar-refractivity contribution >= 4 is 5.91 Å². The van der Waals surface area contributed by atoms with Crippen molar-refractivity contribution in [3.63, 3.8) is 0 Å². The minimum Gasteiger partial charge on any atom is -0.457 e. The zero-order valence-corrected chi connectivity index (χ0v) is 20.7. The van der Waals surface area contributed by atoms with Gasteiger partial charge < -0.3 is 10.1 Å². The van der Waals surface area contributed by atoms with Crippen molar-refractivity contribution in [2.24, 2.45) is 7.05 Å². The van der Waals surface area contributed by atoms with Gasteiger partial charge in [-0.05, 0) is 55.0 Å². The molecule has 3 heterocycles. The summed E-state index contributed by atoms with van der Waals surface area (Å²) in [7, 11) is 1.85.